The van der Waals surface area contributed by atoms with Crippen LogP contribution in [0.2, 0.25) is 0 Å². The van der Waals surface area contributed by atoms with Gasteiger partial charge in [0, 0.05) is 18.3 Å². The highest BCUT2D eigenvalue weighted by Gasteiger charge is 2.20. The lowest BCUT2D eigenvalue weighted by Crippen LogP contribution is -2.35. The van der Waals surface area contributed by atoms with Gasteiger partial charge in [0.1, 0.15) is 11.4 Å². The summed E-state index contributed by atoms with van der Waals surface area (Å²) < 4.78 is 7.33. The van der Waals surface area contributed by atoms with E-state index in [4.69, 9.17) is 9.72 Å². The van der Waals surface area contributed by atoms with E-state index in [9.17, 15) is 4.79 Å². The van der Waals surface area contributed by atoms with Crippen molar-refractivity contribution in [2.24, 2.45) is 0 Å². The standard InChI is InChI=1S/C29H34N4O2/c1-19-9-10-23(16-21(19)3)28-25(33-15-7-8-20(2)29(33)31-28)17-27(34)30-18-26(32(4)5)22-11-13-24(35-6)14-12-22/h7-16,26H,17-18H2,1-6H3,(H,30,34). The SMILES string of the molecule is COc1ccc(C(CNC(=O)Cc2c(-c3ccc(C)c(C)c3)nc3c(C)cccn23)N(C)C)cc1. The molecule has 0 radical (unpaired) electrons. The second-order valence-electron chi connectivity index (χ2n) is 9.32. The third kappa shape index (κ3) is 5.23. The summed E-state index contributed by atoms with van der Waals surface area (Å²) in [4.78, 5) is 20.3. The highest BCUT2D eigenvalue weighted by molar-refractivity contribution is 5.82. The lowest BCUT2D eigenvalue weighted by molar-refractivity contribution is -0.120. The molecule has 1 unspecified atom stereocenters. The smallest absolute Gasteiger partial charge is 0.226 e. The van der Waals surface area contributed by atoms with Crippen LogP contribution in [0, 0.1) is 20.8 Å². The fourth-order valence-electron chi connectivity index (χ4n) is 4.39. The molecule has 0 aliphatic heterocycles. The molecule has 0 spiro atoms. The first kappa shape index (κ1) is 24.5. The maximum Gasteiger partial charge on any atom is 0.226 e. The summed E-state index contributed by atoms with van der Waals surface area (Å²) in [6, 6.07) is 18.4. The number of rotatable bonds is 8. The molecule has 1 atom stereocenters. The summed E-state index contributed by atoms with van der Waals surface area (Å²) >= 11 is 0. The van der Waals surface area contributed by atoms with Crippen molar-refractivity contribution >= 4 is 11.6 Å². The Morgan fingerprint density at radius 1 is 1.03 bits per heavy atom. The van der Waals surface area contributed by atoms with E-state index in [0.717, 1.165) is 39.5 Å². The van der Waals surface area contributed by atoms with Gasteiger partial charge in [-0.1, -0.05) is 30.3 Å². The van der Waals surface area contributed by atoms with E-state index in [0.29, 0.717) is 6.54 Å². The number of hydrogen-bond donors (Lipinski definition) is 1. The number of carbonyl (C=O) groups is 1. The quantitative estimate of drug-likeness (QED) is 0.398. The zero-order valence-electron chi connectivity index (χ0n) is 21.4. The van der Waals surface area contributed by atoms with Gasteiger partial charge in [0.05, 0.1) is 31.0 Å². The number of aromatic nitrogens is 2. The van der Waals surface area contributed by atoms with Crippen LogP contribution in [-0.2, 0) is 11.2 Å². The first-order valence-electron chi connectivity index (χ1n) is 11.9. The number of methoxy groups -OCH3 is 1. The summed E-state index contributed by atoms with van der Waals surface area (Å²) in [6.07, 6.45) is 2.23. The highest BCUT2D eigenvalue weighted by atomic mass is 16.5. The summed E-state index contributed by atoms with van der Waals surface area (Å²) in [5.41, 5.74) is 8.32. The third-order valence-electron chi connectivity index (χ3n) is 6.67. The first-order chi connectivity index (χ1) is 16.8. The fourth-order valence-corrected chi connectivity index (χ4v) is 4.39. The van der Waals surface area contributed by atoms with E-state index in [1.165, 1.54) is 11.1 Å². The second kappa shape index (κ2) is 10.3. The number of likely N-dealkylation sites (N-methyl/N-ethyl adjacent to an activating group) is 1. The van der Waals surface area contributed by atoms with Gasteiger partial charge in [0.15, 0.2) is 0 Å². The Kier molecular flexibility index (Phi) is 7.22. The normalized spacial score (nSPS) is 12.2. The van der Waals surface area contributed by atoms with E-state index in [-0.39, 0.29) is 18.4 Å². The molecule has 182 valence electrons. The van der Waals surface area contributed by atoms with Crippen LogP contribution in [-0.4, -0.2) is 47.9 Å². The molecule has 0 bridgehead atoms. The summed E-state index contributed by atoms with van der Waals surface area (Å²) in [6.45, 7) is 6.76. The van der Waals surface area contributed by atoms with E-state index in [1.807, 2.05) is 68.0 Å². The number of hydrogen-bond acceptors (Lipinski definition) is 4. The number of pyridine rings is 1. The monoisotopic (exact) mass is 470 g/mol. The van der Waals surface area contributed by atoms with Crippen LogP contribution in [0.1, 0.15) is 34.0 Å². The second-order valence-corrected chi connectivity index (χ2v) is 9.32. The number of aryl methyl sites for hydroxylation is 3. The van der Waals surface area contributed by atoms with E-state index in [1.54, 1.807) is 7.11 Å². The van der Waals surface area contributed by atoms with Gasteiger partial charge in [-0.15, -0.1) is 0 Å². The van der Waals surface area contributed by atoms with Crippen LogP contribution in [0.15, 0.2) is 60.8 Å². The van der Waals surface area contributed by atoms with Crippen LogP contribution < -0.4 is 10.1 Å². The first-order valence-corrected chi connectivity index (χ1v) is 11.9. The molecule has 2 aromatic carbocycles. The number of nitrogens with zero attached hydrogens (tertiary/aromatic N) is 3. The molecule has 0 saturated heterocycles. The van der Waals surface area contributed by atoms with Crippen LogP contribution in [0.25, 0.3) is 16.9 Å². The lowest BCUT2D eigenvalue weighted by Gasteiger charge is -2.25. The van der Waals surface area contributed by atoms with Crippen molar-refractivity contribution < 1.29 is 9.53 Å². The third-order valence-corrected chi connectivity index (χ3v) is 6.67. The molecular formula is C29H34N4O2. The van der Waals surface area contributed by atoms with Crippen LogP contribution >= 0.6 is 0 Å². The summed E-state index contributed by atoms with van der Waals surface area (Å²) in [7, 11) is 5.70. The van der Waals surface area contributed by atoms with Crippen molar-refractivity contribution in [3.05, 3.63) is 88.7 Å². The molecule has 6 nitrogen and oxygen atoms in total. The van der Waals surface area contributed by atoms with Crippen molar-refractivity contribution in [1.29, 1.82) is 0 Å². The Bertz CT molecular complexity index is 1340. The van der Waals surface area contributed by atoms with Crippen molar-refractivity contribution in [1.82, 2.24) is 19.6 Å². The molecule has 4 rings (SSSR count). The topological polar surface area (TPSA) is 58.9 Å². The molecule has 6 heteroatoms. The molecule has 2 heterocycles. The Hall–Kier alpha value is -3.64. The van der Waals surface area contributed by atoms with Crippen LogP contribution in [0.5, 0.6) is 5.75 Å². The molecule has 4 aromatic rings. The Morgan fingerprint density at radius 2 is 1.77 bits per heavy atom. The largest absolute Gasteiger partial charge is 0.497 e. The average Bonchev–Trinajstić information content (AvgIpc) is 3.20. The fraction of sp³-hybridized carbons (Fsp3) is 0.310. The van der Waals surface area contributed by atoms with Crippen molar-refractivity contribution in [3.8, 4) is 17.0 Å². The molecule has 0 aliphatic carbocycles. The van der Waals surface area contributed by atoms with Gasteiger partial charge in [0.25, 0.3) is 0 Å². The van der Waals surface area contributed by atoms with E-state index in [2.05, 4.69) is 42.3 Å². The van der Waals surface area contributed by atoms with Crippen molar-refractivity contribution in [2.45, 2.75) is 33.2 Å². The summed E-state index contributed by atoms with van der Waals surface area (Å²) in [5, 5.41) is 3.15. The minimum atomic E-state index is -0.0289. The average molecular weight is 471 g/mol. The number of nitrogens with one attached hydrogen (secondary N) is 1. The molecule has 2 aromatic heterocycles. The molecule has 35 heavy (non-hydrogen) atoms. The predicted octanol–water partition coefficient (Wildman–Crippen LogP) is 4.90. The van der Waals surface area contributed by atoms with Gasteiger partial charge in [0.2, 0.25) is 5.91 Å². The summed E-state index contributed by atoms with van der Waals surface area (Å²) in [5.74, 6) is 0.788. The minimum absolute atomic E-state index is 0.0289. The predicted molar refractivity (Wildman–Crippen MR) is 141 cm³/mol. The van der Waals surface area contributed by atoms with Gasteiger partial charge in [-0.25, -0.2) is 4.98 Å². The Balaban J connectivity index is 1.60. The van der Waals surface area contributed by atoms with Crippen molar-refractivity contribution in [3.63, 3.8) is 0 Å². The Labute approximate surface area is 207 Å². The highest BCUT2D eigenvalue weighted by Crippen LogP contribution is 2.28. The van der Waals surface area contributed by atoms with Gasteiger partial charge < -0.3 is 19.4 Å². The molecule has 1 N–H and O–H groups in total. The number of imidazole rings is 1. The zero-order chi connectivity index (χ0) is 25.1. The van der Waals surface area contributed by atoms with Gasteiger partial charge in [-0.2, -0.15) is 0 Å². The Morgan fingerprint density at radius 3 is 2.43 bits per heavy atom. The van der Waals surface area contributed by atoms with Gasteiger partial charge in [-0.3, -0.25) is 4.79 Å². The van der Waals surface area contributed by atoms with E-state index < -0.39 is 0 Å². The molecule has 0 aliphatic rings. The zero-order valence-corrected chi connectivity index (χ0v) is 21.4. The number of amides is 1. The van der Waals surface area contributed by atoms with E-state index >= 15 is 0 Å². The number of carbonyl (C=O) groups excluding carboxylic acids is 1. The molecule has 0 saturated carbocycles. The van der Waals surface area contributed by atoms with Gasteiger partial charge >= 0.3 is 0 Å². The maximum atomic E-state index is 13.2. The van der Waals surface area contributed by atoms with Crippen molar-refractivity contribution in [2.75, 3.05) is 27.7 Å². The number of ether oxygens (including phenoxy) is 1. The molecule has 1 amide bonds. The van der Waals surface area contributed by atoms with Crippen LogP contribution in [0.4, 0.5) is 0 Å². The minimum Gasteiger partial charge on any atom is -0.497 e. The maximum absolute atomic E-state index is 13.2. The molecular weight excluding hydrogens is 436 g/mol. The van der Waals surface area contributed by atoms with Crippen LogP contribution in [0.3, 0.4) is 0 Å². The molecule has 0 fully saturated rings. The lowest BCUT2D eigenvalue weighted by atomic mass is 10.0. The number of fused-ring (bicyclic) bond motifs is 1. The number of benzene rings is 2. The van der Waals surface area contributed by atoms with Gasteiger partial charge in [-0.05, 0) is 81.4 Å².